The fourth-order valence-electron chi connectivity index (χ4n) is 2.05. The van der Waals surface area contributed by atoms with Crippen LogP contribution in [0.1, 0.15) is 58.3 Å². The van der Waals surface area contributed by atoms with E-state index in [1.807, 2.05) is 0 Å². The van der Waals surface area contributed by atoms with Gasteiger partial charge < -0.3 is 0 Å². The smallest absolute Gasteiger partial charge is 0.0110 e. The monoisotopic (exact) mass is 256 g/mol. The molecule has 0 aliphatic heterocycles. The highest BCUT2D eigenvalue weighted by atomic mass is 31.1. The van der Waals surface area contributed by atoms with Crippen LogP contribution in [0.25, 0.3) is 0 Å². The third-order valence-electron chi connectivity index (χ3n) is 3.12. The summed E-state index contributed by atoms with van der Waals surface area (Å²) in [6, 6.07) is 4.47. The van der Waals surface area contributed by atoms with Crippen molar-refractivity contribution in [3.8, 4) is 0 Å². The van der Waals surface area contributed by atoms with Crippen LogP contribution in [0.4, 0.5) is 0 Å². The van der Waals surface area contributed by atoms with Gasteiger partial charge in [-0.1, -0.05) is 64.0 Å². The van der Waals surface area contributed by atoms with Crippen molar-refractivity contribution in [3.63, 3.8) is 0 Å². The Hall–Kier alpha value is 0.210. The highest BCUT2D eigenvalue weighted by molar-refractivity contribution is 7.63. The highest BCUT2D eigenvalue weighted by Gasteiger charge is 1.97. The number of rotatable bonds is 9. The second kappa shape index (κ2) is 9.26. The Labute approximate surface area is 104 Å². The molecule has 16 heavy (non-hydrogen) atoms. The first kappa shape index (κ1) is 14.3. The Balaban J connectivity index is 1.91. The topological polar surface area (TPSA) is 0 Å². The lowest BCUT2D eigenvalue weighted by molar-refractivity contribution is 0.582. The predicted octanol–water partition coefficient (Wildman–Crippen LogP) is 5.31. The van der Waals surface area contributed by atoms with Crippen LogP contribution in [0, 0.1) is 0 Å². The lowest BCUT2D eigenvalue weighted by Gasteiger charge is -2.02. The normalized spacial score (nSPS) is 12.0. The molecule has 0 aliphatic rings. The van der Waals surface area contributed by atoms with Crippen LogP contribution in [-0.2, 0) is 6.16 Å². The quantitative estimate of drug-likeness (QED) is 0.414. The first-order valence-corrected chi connectivity index (χ1v) is 8.92. The summed E-state index contributed by atoms with van der Waals surface area (Å²) in [6.07, 6.45) is 12.9. The van der Waals surface area contributed by atoms with Gasteiger partial charge in [-0.15, -0.1) is 16.8 Å². The Morgan fingerprint density at radius 1 is 1.00 bits per heavy atom. The van der Waals surface area contributed by atoms with Gasteiger partial charge in [-0.3, -0.25) is 0 Å². The van der Waals surface area contributed by atoms with Crippen LogP contribution in [0.3, 0.4) is 0 Å². The molecule has 0 spiro atoms. The Bertz CT molecular complexity index is 265. The van der Waals surface area contributed by atoms with Crippen LogP contribution in [0.5, 0.6) is 0 Å². The lowest BCUT2D eigenvalue weighted by atomic mass is 10.1. The van der Waals surface area contributed by atoms with E-state index in [-0.39, 0.29) is 7.53 Å². The zero-order valence-electron chi connectivity index (χ0n) is 10.6. The first-order chi connectivity index (χ1) is 7.84. The van der Waals surface area contributed by atoms with Crippen molar-refractivity contribution in [1.82, 2.24) is 0 Å². The Kier molecular flexibility index (Phi) is 8.26. The van der Waals surface area contributed by atoms with Crippen molar-refractivity contribution >= 4 is 21.8 Å². The largest absolute Gasteiger partial charge is 0.118 e. The van der Waals surface area contributed by atoms with Gasteiger partial charge in [-0.25, -0.2) is 0 Å². The minimum absolute atomic E-state index is 0.107. The molecule has 1 heterocycles. The molecule has 2 heteroatoms. The highest BCUT2D eigenvalue weighted by Crippen LogP contribution is 2.29. The zero-order valence-corrected chi connectivity index (χ0v) is 12.7. The molecule has 0 nitrogen and oxygen atoms in total. The molecular formula is C14H26P2. The van der Waals surface area contributed by atoms with E-state index in [1.54, 1.807) is 0 Å². The van der Waals surface area contributed by atoms with Crippen molar-refractivity contribution in [2.24, 2.45) is 0 Å². The summed E-state index contributed by atoms with van der Waals surface area (Å²) in [4.78, 5) is 0. The van der Waals surface area contributed by atoms with E-state index < -0.39 is 0 Å². The fraction of sp³-hybridized carbons (Fsp3) is 0.714. The average molecular weight is 256 g/mol. The standard InChI is InChI=1S/C14H26P2/c1-2-3-4-5-6-7-8-9-12-16-13-10-11-14(16)15/h10-11,13H,2-9,12,15H2,1H3. The third-order valence-corrected chi connectivity index (χ3v) is 6.45. The van der Waals surface area contributed by atoms with Crippen molar-refractivity contribution in [2.75, 3.05) is 0 Å². The summed E-state index contributed by atoms with van der Waals surface area (Å²) in [7, 11) is 3.00. The van der Waals surface area contributed by atoms with E-state index in [1.165, 1.54) is 62.6 Å². The van der Waals surface area contributed by atoms with Crippen molar-refractivity contribution < 1.29 is 0 Å². The van der Waals surface area contributed by atoms with Gasteiger partial charge in [0.1, 0.15) is 0 Å². The minimum Gasteiger partial charge on any atom is -0.118 e. The van der Waals surface area contributed by atoms with Crippen LogP contribution in [0.15, 0.2) is 17.9 Å². The van der Waals surface area contributed by atoms with E-state index in [4.69, 9.17) is 0 Å². The summed E-state index contributed by atoms with van der Waals surface area (Å²) in [5.74, 6) is 2.40. The molecule has 0 N–H and O–H groups in total. The van der Waals surface area contributed by atoms with Gasteiger partial charge in [0.25, 0.3) is 0 Å². The molecule has 2 atom stereocenters. The second-order valence-electron chi connectivity index (χ2n) is 4.60. The van der Waals surface area contributed by atoms with Gasteiger partial charge in [0.05, 0.1) is 0 Å². The summed E-state index contributed by atoms with van der Waals surface area (Å²) >= 11 is 0. The average Bonchev–Trinajstić information content (AvgIpc) is 2.68. The number of hydrogen-bond acceptors (Lipinski definition) is 0. The molecule has 1 aromatic rings. The molecule has 0 fully saturated rings. The van der Waals surface area contributed by atoms with Gasteiger partial charge in [0.2, 0.25) is 0 Å². The maximum Gasteiger partial charge on any atom is -0.0110 e. The second-order valence-corrected chi connectivity index (χ2v) is 7.91. The fourth-order valence-corrected chi connectivity index (χ4v) is 4.52. The van der Waals surface area contributed by atoms with Crippen molar-refractivity contribution in [2.45, 2.75) is 64.5 Å². The molecule has 0 aromatic carbocycles. The summed E-state index contributed by atoms with van der Waals surface area (Å²) in [5.41, 5.74) is 0. The van der Waals surface area contributed by atoms with E-state index in [0.29, 0.717) is 0 Å². The van der Waals surface area contributed by atoms with Crippen molar-refractivity contribution in [1.29, 1.82) is 0 Å². The molecule has 1 aromatic heterocycles. The molecular weight excluding hydrogens is 230 g/mol. The van der Waals surface area contributed by atoms with E-state index in [2.05, 4.69) is 34.1 Å². The van der Waals surface area contributed by atoms with Gasteiger partial charge >= 0.3 is 0 Å². The Morgan fingerprint density at radius 3 is 2.19 bits per heavy atom. The molecule has 0 radical (unpaired) electrons. The van der Waals surface area contributed by atoms with Crippen LogP contribution >= 0.6 is 16.8 Å². The molecule has 0 aliphatic carbocycles. The van der Waals surface area contributed by atoms with Crippen LogP contribution in [0.2, 0.25) is 0 Å². The first-order valence-electron chi connectivity index (χ1n) is 6.75. The minimum atomic E-state index is 0.107. The molecule has 92 valence electrons. The Morgan fingerprint density at radius 2 is 1.62 bits per heavy atom. The predicted molar refractivity (Wildman–Crippen MR) is 81.1 cm³/mol. The molecule has 0 saturated carbocycles. The van der Waals surface area contributed by atoms with Gasteiger partial charge in [0, 0.05) is 0 Å². The van der Waals surface area contributed by atoms with Crippen molar-refractivity contribution in [3.05, 3.63) is 17.9 Å². The number of aryl methyl sites for hydroxylation is 1. The summed E-state index contributed by atoms with van der Waals surface area (Å²) < 4.78 is 0. The van der Waals surface area contributed by atoms with Gasteiger partial charge in [0.15, 0.2) is 0 Å². The lowest BCUT2D eigenvalue weighted by Crippen LogP contribution is -1.84. The van der Waals surface area contributed by atoms with E-state index in [9.17, 15) is 0 Å². The van der Waals surface area contributed by atoms with Crippen LogP contribution in [-0.4, -0.2) is 0 Å². The van der Waals surface area contributed by atoms with Gasteiger partial charge in [-0.05, 0) is 23.4 Å². The van der Waals surface area contributed by atoms with Crippen LogP contribution < -0.4 is 5.04 Å². The van der Waals surface area contributed by atoms with E-state index in [0.717, 1.165) is 0 Å². The summed E-state index contributed by atoms with van der Waals surface area (Å²) in [6.45, 7) is 2.28. The maximum atomic E-state index is 2.89. The SMILES string of the molecule is CCCCCCCCCCp1cccc1P. The number of hydrogen-bond donors (Lipinski definition) is 0. The zero-order chi connectivity index (χ0) is 11.6. The third kappa shape index (κ3) is 6.07. The number of unbranched alkanes of at least 4 members (excludes halogenated alkanes) is 7. The molecule has 0 bridgehead atoms. The van der Waals surface area contributed by atoms with E-state index >= 15 is 0 Å². The molecule has 0 amide bonds. The summed E-state index contributed by atoms with van der Waals surface area (Å²) in [5, 5.41) is 1.54. The molecule has 0 saturated heterocycles. The van der Waals surface area contributed by atoms with Gasteiger partial charge in [-0.2, -0.15) is 0 Å². The molecule has 1 rings (SSSR count). The molecule has 2 unspecified atom stereocenters. The maximum absolute atomic E-state index is 2.89.